The molecule has 2 amide bonds. The Bertz CT molecular complexity index is 775. The first-order valence-corrected chi connectivity index (χ1v) is 10.9. The van der Waals surface area contributed by atoms with Crippen molar-refractivity contribution in [1.29, 1.82) is 0 Å². The van der Waals surface area contributed by atoms with Gasteiger partial charge in [0.25, 0.3) is 0 Å². The highest BCUT2D eigenvalue weighted by molar-refractivity contribution is 5.87. The van der Waals surface area contributed by atoms with E-state index in [0.29, 0.717) is 39.0 Å². The molecular formula is C25H34N2O3. The molecule has 0 bridgehead atoms. The molecule has 0 aliphatic rings. The van der Waals surface area contributed by atoms with Crippen molar-refractivity contribution in [2.75, 3.05) is 19.7 Å². The van der Waals surface area contributed by atoms with Gasteiger partial charge in [0, 0.05) is 19.5 Å². The van der Waals surface area contributed by atoms with E-state index < -0.39 is 6.04 Å². The van der Waals surface area contributed by atoms with Gasteiger partial charge in [-0.3, -0.25) is 9.59 Å². The molecule has 1 atom stereocenters. The van der Waals surface area contributed by atoms with Crippen LogP contribution in [0.4, 0.5) is 0 Å². The number of nitrogens with one attached hydrogen (secondary N) is 1. The van der Waals surface area contributed by atoms with Gasteiger partial charge >= 0.3 is 0 Å². The number of ether oxygens (including phenoxy) is 1. The summed E-state index contributed by atoms with van der Waals surface area (Å²) >= 11 is 0. The molecule has 0 aromatic heterocycles. The highest BCUT2D eigenvalue weighted by Crippen LogP contribution is 2.14. The second kappa shape index (κ2) is 12.7. The number of amides is 2. The number of carbonyl (C=O) groups is 2. The summed E-state index contributed by atoms with van der Waals surface area (Å²) in [4.78, 5) is 27.3. The first-order valence-electron chi connectivity index (χ1n) is 10.9. The van der Waals surface area contributed by atoms with Gasteiger partial charge in [0.15, 0.2) is 0 Å². The molecule has 2 aromatic rings. The van der Waals surface area contributed by atoms with Gasteiger partial charge in [-0.1, -0.05) is 55.0 Å². The average molecular weight is 411 g/mol. The van der Waals surface area contributed by atoms with Crippen molar-refractivity contribution < 1.29 is 14.3 Å². The molecule has 2 aromatic carbocycles. The summed E-state index contributed by atoms with van der Waals surface area (Å²) in [7, 11) is 0. The molecule has 1 N–H and O–H groups in total. The van der Waals surface area contributed by atoms with Crippen LogP contribution in [-0.2, 0) is 16.0 Å². The fraction of sp³-hybridized carbons (Fsp3) is 0.440. The van der Waals surface area contributed by atoms with Gasteiger partial charge in [0.05, 0.1) is 6.61 Å². The minimum atomic E-state index is -0.445. The number of benzene rings is 2. The molecular weight excluding hydrogens is 376 g/mol. The van der Waals surface area contributed by atoms with Crippen LogP contribution in [0.3, 0.4) is 0 Å². The number of nitrogens with zero attached hydrogens (tertiary/aromatic N) is 1. The van der Waals surface area contributed by atoms with Crippen molar-refractivity contribution in [3.05, 3.63) is 65.7 Å². The van der Waals surface area contributed by atoms with E-state index in [0.717, 1.165) is 17.7 Å². The first kappa shape index (κ1) is 23.5. The second-order valence-corrected chi connectivity index (χ2v) is 7.41. The van der Waals surface area contributed by atoms with E-state index in [2.05, 4.69) is 5.32 Å². The first-order chi connectivity index (χ1) is 14.5. The molecule has 0 aliphatic carbocycles. The standard InChI is InChI=1S/C25H34N2O3/c1-4-23(25(29)26-5-2)27(18-17-21-10-7-6-8-11-21)24(28)12-9-19-30-22-15-13-20(3)14-16-22/h6-8,10-11,13-16,23H,4-5,9,12,17-19H2,1-3H3,(H,26,29). The minimum absolute atomic E-state index is 0.00320. The van der Waals surface area contributed by atoms with Crippen molar-refractivity contribution in [2.45, 2.75) is 52.5 Å². The van der Waals surface area contributed by atoms with Crippen LogP contribution in [0.1, 0.15) is 44.2 Å². The monoisotopic (exact) mass is 410 g/mol. The zero-order valence-electron chi connectivity index (χ0n) is 18.4. The third-order valence-corrected chi connectivity index (χ3v) is 5.05. The van der Waals surface area contributed by atoms with E-state index in [-0.39, 0.29) is 11.8 Å². The van der Waals surface area contributed by atoms with Gasteiger partial charge in [-0.25, -0.2) is 0 Å². The lowest BCUT2D eigenvalue weighted by Gasteiger charge is -2.30. The maximum atomic E-state index is 13.0. The van der Waals surface area contributed by atoms with Crippen molar-refractivity contribution >= 4 is 11.8 Å². The molecule has 0 fully saturated rings. The smallest absolute Gasteiger partial charge is 0.242 e. The van der Waals surface area contributed by atoms with E-state index in [1.165, 1.54) is 5.56 Å². The Hall–Kier alpha value is -2.82. The summed E-state index contributed by atoms with van der Waals surface area (Å²) in [5, 5.41) is 2.87. The van der Waals surface area contributed by atoms with Crippen LogP contribution in [0.15, 0.2) is 54.6 Å². The molecule has 0 spiro atoms. The van der Waals surface area contributed by atoms with Gasteiger partial charge < -0.3 is 15.0 Å². The third kappa shape index (κ3) is 7.54. The molecule has 5 nitrogen and oxygen atoms in total. The van der Waals surface area contributed by atoms with Crippen LogP contribution < -0.4 is 10.1 Å². The van der Waals surface area contributed by atoms with Crippen LogP contribution in [0.5, 0.6) is 5.75 Å². The molecule has 0 radical (unpaired) electrons. The quantitative estimate of drug-likeness (QED) is 0.535. The lowest BCUT2D eigenvalue weighted by atomic mass is 10.1. The van der Waals surface area contributed by atoms with E-state index in [1.54, 1.807) is 4.90 Å². The van der Waals surface area contributed by atoms with Crippen molar-refractivity contribution in [2.24, 2.45) is 0 Å². The summed E-state index contributed by atoms with van der Waals surface area (Å²) in [6, 6.07) is 17.5. The Morgan fingerprint density at radius 3 is 2.37 bits per heavy atom. The van der Waals surface area contributed by atoms with Gasteiger partial charge in [-0.15, -0.1) is 0 Å². The number of likely N-dealkylation sites (N-methyl/N-ethyl adjacent to an activating group) is 1. The van der Waals surface area contributed by atoms with Crippen LogP contribution in [0, 0.1) is 6.92 Å². The van der Waals surface area contributed by atoms with Crippen LogP contribution >= 0.6 is 0 Å². The van der Waals surface area contributed by atoms with Gasteiger partial charge in [0.2, 0.25) is 11.8 Å². The largest absolute Gasteiger partial charge is 0.494 e. The summed E-state index contributed by atoms with van der Waals surface area (Å²) in [6.07, 6.45) is 2.28. The Morgan fingerprint density at radius 2 is 1.73 bits per heavy atom. The van der Waals surface area contributed by atoms with Crippen molar-refractivity contribution in [1.82, 2.24) is 10.2 Å². The molecule has 2 rings (SSSR count). The topological polar surface area (TPSA) is 58.6 Å². The van der Waals surface area contributed by atoms with Gasteiger partial charge in [-0.05, 0) is 50.8 Å². The minimum Gasteiger partial charge on any atom is -0.494 e. The van der Waals surface area contributed by atoms with Crippen LogP contribution in [0.2, 0.25) is 0 Å². The maximum absolute atomic E-state index is 13.0. The number of hydrogen-bond donors (Lipinski definition) is 1. The fourth-order valence-corrected chi connectivity index (χ4v) is 3.38. The fourth-order valence-electron chi connectivity index (χ4n) is 3.38. The van der Waals surface area contributed by atoms with Crippen molar-refractivity contribution in [3.8, 4) is 5.75 Å². The highest BCUT2D eigenvalue weighted by atomic mass is 16.5. The molecule has 0 aliphatic heterocycles. The number of hydrogen-bond acceptors (Lipinski definition) is 3. The predicted octanol–water partition coefficient (Wildman–Crippen LogP) is 4.14. The summed E-state index contributed by atoms with van der Waals surface area (Å²) in [5.41, 5.74) is 2.34. The highest BCUT2D eigenvalue weighted by Gasteiger charge is 2.27. The predicted molar refractivity (Wildman–Crippen MR) is 121 cm³/mol. The lowest BCUT2D eigenvalue weighted by Crippen LogP contribution is -2.50. The third-order valence-electron chi connectivity index (χ3n) is 5.05. The van der Waals surface area contributed by atoms with Gasteiger partial charge in [0.1, 0.15) is 11.8 Å². The van der Waals surface area contributed by atoms with E-state index in [1.807, 2.05) is 75.4 Å². The van der Waals surface area contributed by atoms with E-state index in [4.69, 9.17) is 4.74 Å². The molecule has 1 unspecified atom stereocenters. The average Bonchev–Trinajstić information content (AvgIpc) is 2.76. The zero-order chi connectivity index (χ0) is 21.8. The Kier molecular flexibility index (Phi) is 9.92. The zero-order valence-corrected chi connectivity index (χ0v) is 18.4. The summed E-state index contributed by atoms with van der Waals surface area (Å²) in [5.74, 6) is 0.719. The Morgan fingerprint density at radius 1 is 1.03 bits per heavy atom. The summed E-state index contributed by atoms with van der Waals surface area (Å²) in [6.45, 7) is 7.43. The second-order valence-electron chi connectivity index (χ2n) is 7.41. The summed E-state index contributed by atoms with van der Waals surface area (Å²) < 4.78 is 5.74. The maximum Gasteiger partial charge on any atom is 0.242 e. The van der Waals surface area contributed by atoms with Crippen LogP contribution in [0.25, 0.3) is 0 Å². The molecule has 162 valence electrons. The molecule has 0 saturated heterocycles. The van der Waals surface area contributed by atoms with Crippen LogP contribution in [-0.4, -0.2) is 42.5 Å². The van der Waals surface area contributed by atoms with Crippen molar-refractivity contribution in [3.63, 3.8) is 0 Å². The Balaban J connectivity index is 1.95. The van der Waals surface area contributed by atoms with E-state index >= 15 is 0 Å². The Labute approximate surface area is 180 Å². The van der Waals surface area contributed by atoms with Gasteiger partial charge in [-0.2, -0.15) is 0 Å². The number of aryl methyl sites for hydroxylation is 1. The molecule has 0 saturated carbocycles. The lowest BCUT2D eigenvalue weighted by molar-refractivity contribution is -0.140. The molecule has 5 heteroatoms. The molecule has 30 heavy (non-hydrogen) atoms. The number of rotatable bonds is 12. The SMILES string of the molecule is CCNC(=O)C(CC)N(CCc1ccccc1)C(=O)CCCOc1ccc(C)cc1. The number of carbonyl (C=O) groups excluding carboxylic acids is 2. The normalized spacial score (nSPS) is 11.6. The van der Waals surface area contributed by atoms with E-state index in [9.17, 15) is 9.59 Å². The molecule has 0 heterocycles.